The third-order valence-corrected chi connectivity index (χ3v) is 3.73. The Morgan fingerprint density at radius 1 is 0.792 bits per heavy atom. The highest BCUT2D eigenvalue weighted by molar-refractivity contribution is 5.37. The van der Waals surface area contributed by atoms with Crippen LogP contribution in [0, 0.1) is 6.92 Å². The first-order chi connectivity index (χ1) is 11.8. The molecule has 122 valence electrons. The summed E-state index contributed by atoms with van der Waals surface area (Å²) in [7, 11) is 0. The van der Waals surface area contributed by atoms with Gasteiger partial charge in [-0.3, -0.25) is 0 Å². The number of nitrogens with zero attached hydrogens (tertiary/aromatic N) is 1. The molecule has 0 amide bonds. The summed E-state index contributed by atoms with van der Waals surface area (Å²) >= 11 is 0. The zero-order chi connectivity index (χ0) is 16.6. The van der Waals surface area contributed by atoms with Crippen molar-refractivity contribution >= 4 is 5.82 Å². The van der Waals surface area contributed by atoms with Gasteiger partial charge in [0.25, 0.3) is 0 Å². The van der Waals surface area contributed by atoms with Gasteiger partial charge < -0.3 is 10.1 Å². The van der Waals surface area contributed by atoms with Gasteiger partial charge in [0, 0.05) is 12.2 Å². The Labute approximate surface area is 143 Å². The molecule has 3 nitrogen and oxygen atoms in total. The maximum atomic E-state index is 5.81. The molecule has 0 spiro atoms. The first kappa shape index (κ1) is 16.2. The molecule has 0 aliphatic carbocycles. The topological polar surface area (TPSA) is 34.1 Å². The Morgan fingerprint density at radius 2 is 1.50 bits per heavy atom. The van der Waals surface area contributed by atoms with Crippen molar-refractivity contribution in [3.05, 3.63) is 95.2 Å². The van der Waals surface area contributed by atoms with Crippen LogP contribution in [0.25, 0.3) is 0 Å². The van der Waals surface area contributed by atoms with Crippen molar-refractivity contribution in [2.24, 2.45) is 0 Å². The summed E-state index contributed by atoms with van der Waals surface area (Å²) < 4.78 is 5.81. The largest absolute Gasteiger partial charge is 0.372 e. The van der Waals surface area contributed by atoms with Gasteiger partial charge in [0.05, 0.1) is 13.2 Å². The predicted octanol–water partition coefficient (Wildman–Crippen LogP) is 4.72. The van der Waals surface area contributed by atoms with E-state index in [2.05, 4.69) is 46.7 Å². The Kier molecular flexibility index (Phi) is 5.59. The Bertz CT molecular complexity index is 772. The van der Waals surface area contributed by atoms with Crippen LogP contribution >= 0.6 is 0 Å². The lowest BCUT2D eigenvalue weighted by atomic mass is 10.1. The average molecular weight is 318 g/mol. The summed E-state index contributed by atoms with van der Waals surface area (Å²) in [5.41, 5.74) is 4.62. The van der Waals surface area contributed by atoms with Crippen molar-refractivity contribution in [3.63, 3.8) is 0 Å². The number of pyridine rings is 1. The highest BCUT2D eigenvalue weighted by Crippen LogP contribution is 2.11. The van der Waals surface area contributed by atoms with E-state index in [1.165, 1.54) is 16.7 Å². The zero-order valence-corrected chi connectivity index (χ0v) is 13.9. The minimum absolute atomic E-state index is 0.616. The van der Waals surface area contributed by atoms with Crippen molar-refractivity contribution in [1.82, 2.24) is 4.98 Å². The molecule has 0 saturated heterocycles. The van der Waals surface area contributed by atoms with Crippen molar-refractivity contribution in [3.8, 4) is 0 Å². The molecule has 2 aromatic carbocycles. The van der Waals surface area contributed by atoms with Crippen LogP contribution in [-0.2, 0) is 24.5 Å². The van der Waals surface area contributed by atoms with Crippen LogP contribution in [-0.4, -0.2) is 4.98 Å². The third kappa shape index (κ3) is 4.93. The van der Waals surface area contributed by atoms with Gasteiger partial charge in [-0.1, -0.05) is 60.7 Å². The van der Waals surface area contributed by atoms with E-state index >= 15 is 0 Å². The monoisotopic (exact) mass is 318 g/mol. The highest BCUT2D eigenvalue weighted by atomic mass is 16.5. The van der Waals surface area contributed by atoms with E-state index in [0.717, 1.165) is 18.1 Å². The fourth-order valence-electron chi connectivity index (χ4n) is 2.52. The Morgan fingerprint density at radius 3 is 2.33 bits per heavy atom. The minimum atomic E-state index is 0.616. The summed E-state index contributed by atoms with van der Waals surface area (Å²) in [6.45, 7) is 4.00. The summed E-state index contributed by atoms with van der Waals surface area (Å²) in [5.74, 6) is 0.903. The fraction of sp³-hybridized carbons (Fsp3) is 0.190. The number of hydrogen-bond acceptors (Lipinski definition) is 3. The second-order valence-electron chi connectivity index (χ2n) is 5.82. The molecule has 3 heteroatoms. The normalized spacial score (nSPS) is 10.5. The smallest absolute Gasteiger partial charge is 0.126 e. The first-order valence-corrected chi connectivity index (χ1v) is 8.16. The molecule has 0 bridgehead atoms. The van der Waals surface area contributed by atoms with Gasteiger partial charge >= 0.3 is 0 Å². The van der Waals surface area contributed by atoms with Crippen LogP contribution in [0.3, 0.4) is 0 Å². The maximum Gasteiger partial charge on any atom is 0.126 e. The van der Waals surface area contributed by atoms with Crippen molar-refractivity contribution in [2.75, 3.05) is 5.32 Å². The highest BCUT2D eigenvalue weighted by Gasteiger charge is 1.99. The van der Waals surface area contributed by atoms with Crippen molar-refractivity contribution < 1.29 is 4.74 Å². The molecule has 1 heterocycles. The van der Waals surface area contributed by atoms with Crippen LogP contribution in [0.15, 0.2) is 72.8 Å². The summed E-state index contributed by atoms with van der Waals surface area (Å²) in [5, 5.41) is 3.36. The minimum Gasteiger partial charge on any atom is -0.372 e. The van der Waals surface area contributed by atoms with Gasteiger partial charge in [-0.2, -0.15) is 0 Å². The molecular formula is C21H22N2O. The quantitative estimate of drug-likeness (QED) is 0.684. The zero-order valence-electron chi connectivity index (χ0n) is 13.9. The van der Waals surface area contributed by atoms with Gasteiger partial charge in [0.15, 0.2) is 0 Å². The molecule has 0 saturated carbocycles. The van der Waals surface area contributed by atoms with Gasteiger partial charge in [-0.05, 0) is 35.7 Å². The van der Waals surface area contributed by atoms with E-state index in [0.29, 0.717) is 13.2 Å². The first-order valence-electron chi connectivity index (χ1n) is 8.16. The predicted molar refractivity (Wildman–Crippen MR) is 97.7 cm³/mol. The number of anilines is 1. The lowest BCUT2D eigenvalue weighted by Gasteiger charge is -2.09. The standard InChI is InChI=1S/C21H22N2O/c1-17-7-5-12-21(23-17)22-14-19-10-6-11-20(13-19)16-24-15-18-8-3-2-4-9-18/h2-13H,14-16H2,1H3,(H,22,23). The maximum absolute atomic E-state index is 5.81. The van der Waals surface area contributed by atoms with Crippen LogP contribution < -0.4 is 5.32 Å². The second-order valence-corrected chi connectivity index (χ2v) is 5.82. The van der Waals surface area contributed by atoms with Gasteiger partial charge in [0.2, 0.25) is 0 Å². The number of aryl methyl sites for hydroxylation is 1. The molecule has 3 rings (SSSR count). The number of ether oxygens (including phenoxy) is 1. The third-order valence-electron chi connectivity index (χ3n) is 3.73. The van der Waals surface area contributed by atoms with Crippen molar-refractivity contribution in [1.29, 1.82) is 0 Å². The molecule has 0 aliphatic heterocycles. The van der Waals surface area contributed by atoms with Gasteiger partial charge in [-0.15, -0.1) is 0 Å². The van der Waals surface area contributed by atoms with E-state index < -0.39 is 0 Å². The van der Waals surface area contributed by atoms with Gasteiger partial charge in [0.1, 0.15) is 5.82 Å². The molecule has 0 atom stereocenters. The molecule has 1 aromatic heterocycles. The van der Waals surface area contributed by atoms with E-state index in [1.807, 2.05) is 43.3 Å². The number of aromatic nitrogens is 1. The number of nitrogens with one attached hydrogen (secondary N) is 1. The van der Waals surface area contributed by atoms with E-state index in [-0.39, 0.29) is 0 Å². The van der Waals surface area contributed by atoms with Crippen LogP contribution in [0.2, 0.25) is 0 Å². The molecule has 0 radical (unpaired) electrons. The fourth-order valence-corrected chi connectivity index (χ4v) is 2.52. The second kappa shape index (κ2) is 8.27. The number of benzene rings is 2. The Balaban J connectivity index is 1.52. The molecular weight excluding hydrogens is 296 g/mol. The molecule has 3 aromatic rings. The van der Waals surface area contributed by atoms with E-state index in [9.17, 15) is 0 Å². The number of rotatable bonds is 7. The van der Waals surface area contributed by atoms with Crippen LogP contribution in [0.5, 0.6) is 0 Å². The summed E-state index contributed by atoms with van der Waals surface area (Å²) in [6, 6.07) is 24.7. The Hall–Kier alpha value is -2.65. The van der Waals surface area contributed by atoms with E-state index in [4.69, 9.17) is 4.74 Å². The summed E-state index contributed by atoms with van der Waals surface area (Å²) in [6.07, 6.45) is 0. The summed E-state index contributed by atoms with van der Waals surface area (Å²) in [4.78, 5) is 4.46. The van der Waals surface area contributed by atoms with Crippen LogP contribution in [0.4, 0.5) is 5.82 Å². The van der Waals surface area contributed by atoms with Crippen molar-refractivity contribution in [2.45, 2.75) is 26.7 Å². The SMILES string of the molecule is Cc1cccc(NCc2cccc(COCc3ccccc3)c2)n1. The lowest BCUT2D eigenvalue weighted by Crippen LogP contribution is -2.02. The molecule has 24 heavy (non-hydrogen) atoms. The molecule has 1 N–H and O–H groups in total. The molecule has 0 fully saturated rings. The lowest BCUT2D eigenvalue weighted by molar-refractivity contribution is 0.107. The van der Waals surface area contributed by atoms with E-state index in [1.54, 1.807) is 0 Å². The van der Waals surface area contributed by atoms with Crippen LogP contribution in [0.1, 0.15) is 22.4 Å². The van der Waals surface area contributed by atoms with Gasteiger partial charge in [-0.25, -0.2) is 4.98 Å². The average Bonchev–Trinajstić information content (AvgIpc) is 2.61. The molecule has 0 unspecified atom stereocenters. The number of hydrogen-bond donors (Lipinski definition) is 1. The molecule has 0 aliphatic rings.